The van der Waals surface area contributed by atoms with Gasteiger partial charge in [0.2, 0.25) is 10.0 Å². The van der Waals surface area contributed by atoms with Gasteiger partial charge in [-0.2, -0.15) is 0 Å². The number of sulfonamides is 1. The highest BCUT2D eigenvalue weighted by atomic mass is 32.2. The largest absolute Gasteiger partial charge is 0.295 e. The number of ketones is 1. The van der Waals surface area contributed by atoms with Crippen LogP contribution in [0.25, 0.3) is 0 Å². The van der Waals surface area contributed by atoms with Gasteiger partial charge in [-0.1, -0.05) is 30.3 Å². The van der Waals surface area contributed by atoms with E-state index in [9.17, 15) is 17.6 Å². The van der Waals surface area contributed by atoms with Gasteiger partial charge in [0, 0.05) is 17.7 Å². The SMILES string of the molecule is CC(=O)c1ccc(S(=O)(=O)NCc2ccccc2F)cc1. The molecule has 4 nitrogen and oxygen atoms in total. The lowest BCUT2D eigenvalue weighted by Crippen LogP contribution is -2.23. The summed E-state index contributed by atoms with van der Waals surface area (Å²) in [5.41, 5.74) is 0.699. The minimum absolute atomic E-state index is 0.0313. The maximum Gasteiger partial charge on any atom is 0.240 e. The Morgan fingerprint density at radius 3 is 2.29 bits per heavy atom. The van der Waals surface area contributed by atoms with Gasteiger partial charge in [0.25, 0.3) is 0 Å². The number of benzene rings is 2. The van der Waals surface area contributed by atoms with Crippen LogP contribution >= 0.6 is 0 Å². The molecule has 0 aromatic heterocycles. The van der Waals surface area contributed by atoms with Gasteiger partial charge < -0.3 is 0 Å². The van der Waals surface area contributed by atoms with Crippen LogP contribution < -0.4 is 4.72 Å². The number of hydrogen-bond donors (Lipinski definition) is 1. The minimum atomic E-state index is -3.75. The number of carbonyl (C=O) groups excluding carboxylic acids is 1. The third kappa shape index (κ3) is 3.74. The Morgan fingerprint density at radius 1 is 1.10 bits per heavy atom. The van der Waals surface area contributed by atoms with Gasteiger partial charge >= 0.3 is 0 Å². The van der Waals surface area contributed by atoms with Crippen LogP contribution in [0.15, 0.2) is 53.4 Å². The van der Waals surface area contributed by atoms with Crippen LogP contribution in [0, 0.1) is 5.82 Å². The number of Topliss-reactive ketones (excluding diaryl/α,β-unsaturated/α-hetero) is 1. The van der Waals surface area contributed by atoms with E-state index >= 15 is 0 Å². The fourth-order valence-electron chi connectivity index (χ4n) is 1.77. The molecule has 0 fully saturated rings. The first kappa shape index (κ1) is 15.3. The summed E-state index contributed by atoms with van der Waals surface area (Å²) in [5.74, 6) is -0.606. The van der Waals surface area contributed by atoms with Crippen molar-refractivity contribution in [2.75, 3.05) is 0 Å². The molecule has 0 atom stereocenters. The molecule has 2 aromatic rings. The molecule has 1 N–H and O–H groups in total. The van der Waals surface area contributed by atoms with Crippen molar-refractivity contribution in [3.05, 3.63) is 65.5 Å². The molecule has 0 amide bonds. The monoisotopic (exact) mass is 307 g/mol. The third-order valence-corrected chi connectivity index (χ3v) is 4.40. The molecule has 0 spiro atoms. The molecule has 0 aliphatic rings. The average molecular weight is 307 g/mol. The second-order valence-electron chi connectivity index (χ2n) is 4.50. The van der Waals surface area contributed by atoms with Crippen LogP contribution in [-0.4, -0.2) is 14.2 Å². The number of rotatable bonds is 5. The van der Waals surface area contributed by atoms with Crippen molar-refractivity contribution in [1.82, 2.24) is 4.72 Å². The Bertz CT molecular complexity index is 755. The lowest BCUT2D eigenvalue weighted by molar-refractivity contribution is 0.101. The Kier molecular flexibility index (Phi) is 4.50. The fraction of sp³-hybridized carbons (Fsp3) is 0.133. The molecule has 0 bridgehead atoms. The van der Waals surface area contributed by atoms with Crippen molar-refractivity contribution in [2.24, 2.45) is 0 Å². The van der Waals surface area contributed by atoms with Crippen molar-refractivity contribution in [3.63, 3.8) is 0 Å². The molecule has 0 saturated carbocycles. The van der Waals surface area contributed by atoms with Crippen LogP contribution in [0.4, 0.5) is 4.39 Å². The topological polar surface area (TPSA) is 63.2 Å². The summed E-state index contributed by atoms with van der Waals surface area (Å²) in [6.07, 6.45) is 0. The zero-order valence-electron chi connectivity index (χ0n) is 11.3. The van der Waals surface area contributed by atoms with Crippen LogP contribution in [0.5, 0.6) is 0 Å². The Morgan fingerprint density at radius 2 is 1.71 bits per heavy atom. The molecule has 2 rings (SSSR count). The van der Waals surface area contributed by atoms with Crippen molar-refractivity contribution in [2.45, 2.75) is 18.4 Å². The maximum atomic E-state index is 13.4. The first-order chi connectivity index (χ1) is 9.90. The summed E-state index contributed by atoms with van der Waals surface area (Å²) in [6.45, 7) is 1.27. The van der Waals surface area contributed by atoms with Gasteiger partial charge in [-0.15, -0.1) is 0 Å². The smallest absolute Gasteiger partial charge is 0.240 e. The Hall–Kier alpha value is -2.05. The molecular weight excluding hydrogens is 293 g/mol. The molecule has 0 aliphatic heterocycles. The number of nitrogens with one attached hydrogen (secondary N) is 1. The summed E-state index contributed by atoms with van der Waals surface area (Å²) in [7, 11) is -3.75. The predicted octanol–water partition coefficient (Wildman–Crippen LogP) is 2.51. The van der Waals surface area contributed by atoms with Crippen LogP contribution in [0.2, 0.25) is 0 Å². The molecule has 0 aliphatic carbocycles. The Balaban J connectivity index is 2.15. The summed E-state index contributed by atoms with van der Waals surface area (Å²) < 4.78 is 39.9. The van der Waals surface area contributed by atoms with Gasteiger partial charge in [0.1, 0.15) is 5.82 Å². The van der Waals surface area contributed by atoms with Gasteiger partial charge in [-0.05, 0) is 25.1 Å². The number of hydrogen-bond acceptors (Lipinski definition) is 3. The van der Waals surface area contributed by atoms with Crippen molar-refractivity contribution < 1.29 is 17.6 Å². The Labute approximate surface area is 122 Å². The first-order valence-corrected chi connectivity index (χ1v) is 7.72. The lowest BCUT2D eigenvalue weighted by Gasteiger charge is -2.08. The van der Waals surface area contributed by atoms with Crippen molar-refractivity contribution in [1.29, 1.82) is 0 Å². The average Bonchev–Trinajstić information content (AvgIpc) is 2.46. The summed E-state index contributed by atoms with van der Waals surface area (Å²) in [5, 5.41) is 0. The van der Waals surface area contributed by atoms with E-state index in [2.05, 4.69) is 4.72 Å². The van der Waals surface area contributed by atoms with E-state index in [4.69, 9.17) is 0 Å². The highest BCUT2D eigenvalue weighted by Gasteiger charge is 2.14. The quantitative estimate of drug-likeness (QED) is 0.863. The lowest BCUT2D eigenvalue weighted by atomic mass is 10.2. The first-order valence-electron chi connectivity index (χ1n) is 6.24. The van der Waals surface area contributed by atoms with Crippen molar-refractivity contribution in [3.8, 4) is 0 Å². The van der Waals surface area contributed by atoms with Gasteiger partial charge in [-0.3, -0.25) is 4.79 Å². The minimum Gasteiger partial charge on any atom is -0.295 e. The maximum absolute atomic E-state index is 13.4. The predicted molar refractivity (Wildman–Crippen MR) is 76.9 cm³/mol. The van der Waals surface area contributed by atoms with Gasteiger partial charge in [-0.25, -0.2) is 17.5 Å². The second-order valence-corrected chi connectivity index (χ2v) is 6.26. The van der Waals surface area contributed by atoms with Crippen molar-refractivity contribution >= 4 is 15.8 Å². The van der Waals surface area contributed by atoms with E-state index in [1.807, 2.05) is 0 Å². The summed E-state index contributed by atoms with van der Waals surface area (Å²) >= 11 is 0. The van der Waals surface area contributed by atoms with E-state index in [0.29, 0.717) is 5.56 Å². The van der Waals surface area contributed by atoms with E-state index in [-0.39, 0.29) is 22.8 Å². The number of halogens is 1. The second kappa shape index (κ2) is 6.15. The zero-order valence-corrected chi connectivity index (χ0v) is 12.2. The highest BCUT2D eigenvalue weighted by Crippen LogP contribution is 2.12. The van der Waals surface area contributed by atoms with Crippen LogP contribution in [-0.2, 0) is 16.6 Å². The molecule has 21 heavy (non-hydrogen) atoms. The standard InChI is InChI=1S/C15H14FNO3S/c1-11(18)12-6-8-14(9-7-12)21(19,20)17-10-13-4-2-3-5-15(13)16/h2-9,17H,10H2,1H3. The van der Waals surface area contributed by atoms with E-state index in [0.717, 1.165) is 0 Å². The van der Waals surface area contributed by atoms with Crippen LogP contribution in [0.3, 0.4) is 0 Å². The molecule has 0 radical (unpaired) electrons. The van der Waals surface area contributed by atoms with Crippen LogP contribution in [0.1, 0.15) is 22.8 Å². The molecule has 6 heteroatoms. The molecule has 0 unspecified atom stereocenters. The molecule has 0 saturated heterocycles. The third-order valence-electron chi connectivity index (χ3n) is 2.98. The zero-order chi connectivity index (χ0) is 15.5. The molecule has 2 aromatic carbocycles. The van der Waals surface area contributed by atoms with Gasteiger partial charge in [0.05, 0.1) is 4.90 Å². The fourth-order valence-corrected chi connectivity index (χ4v) is 2.77. The normalized spacial score (nSPS) is 11.3. The summed E-state index contributed by atoms with van der Waals surface area (Å²) in [6, 6.07) is 11.5. The number of carbonyl (C=O) groups is 1. The highest BCUT2D eigenvalue weighted by molar-refractivity contribution is 7.89. The van der Waals surface area contributed by atoms with Gasteiger partial charge in [0.15, 0.2) is 5.78 Å². The summed E-state index contributed by atoms with van der Waals surface area (Å²) in [4.78, 5) is 11.2. The molecular formula is C15H14FNO3S. The molecule has 110 valence electrons. The molecule has 0 heterocycles. The van der Waals surface area contributed by atoms with E-state index in [1.165, 1.54) is 49.4 Å². The van der Waals surface area contributed by atoms with E-state index in [1.54, 1.807) is 6.07 Å². The van der Waals surface area contributed by atoms with E-state index < -0.39 is 15.8 Å².